The Balaban J connectivity index is 1.53. The largest absolute Gasteiger partial charge is 0.481 e. The third-order valence-electron chi connectivity index (χ3n) is 4.78. The summed E-state index contributed by atoms with van der Waals surface area (Å²) in [6.45, 7) is 1.77. The molecule has 2 fully saturated rings. The number of carbonyl (C=O) groups excluding carboxylic acids is 1. The molecule has 1 aromatic rings. The van der Waals surface area contributed by atoms with Gasteiger partial charge in [-0.2, -0.15) is 0 Å². The number of hydrogen-bond donors (Lipinski definition) is 1. The van der Waals surface area contributed by atoms with Gasteiger partial charge in [-0.05, 0) is 24.3 Å². The van der Waals surface area contributed by atoms with Gasteiger partial charge in [-0.15, -0.1) is 0 Å². The first-order valence-electron chi connectivity index (χ1n) is 7.82. The zero-order valence-corrected chi connectivity index (χ0v) is 12.5. The van der Waals surface area contributed by atoms with Crippen molar-refractivity contribution in [2.24, 2.45) is 11.8 Å². The molecule has 2 heterocycles. The SMILES string of the molecule is COc1ccc(NC(=O)N2CCC(C3CCCC3)C2)cn1. The van der Waals surface area contributed by atoms with E-state index in [-0.39, 0.29) is 6.03 Å². The monoisotopic (exact) mass is 289 g/mol. The minimum atomic E-state index is -0.0116. The normalized spacial score (nSPS) is 22.5. The molecule has 1 unspecified atom stereocenters. The summed E-state index contributed by atoms with van der Waals surface area (Å²) >= 11 is 0. The fourth-order valence-electron chi connectivity index (χ4n) is 3.56. The van der Waals surface area contributed by atoms with Crippen molar-refractivity contribution in [2.75, 3.05) is 25.5 Å². The van der Waals surface area contributed by atoms with Crippen molar-refractivity contribution in [1.82, 2.24) is 9.88 Å². The van der Waals surface area contributed by atoms with Crippen LogP contribution >= 0.6 is 0 Å². The van der Waals surface area contributed by atoms with Gasteiger partial charge in [0.05, 0.1) is 19.0 Å². The third-order valence-corrected chi connectivity index (χ3v) is 4.78. The molecule has 114 valence electrons. The fraction of sp³-hybridized carbons (Fsp3) is 0.625. The Kier molecular flexibility index (Phi) is 4.27. The van der Waals surface area contributed by atoms with Crippen LogP contribution in [0.4, 0.5) is 10.5 Å². The van der Waals surface area contributed by atoms with Gasteiger partial charge in [-0.25, -0.2) is 9.78 Å². The average molecular weight is 289 g/mol. The molecule has 21 heavy (non-hydrogen) atoms. The number of amides is 2. The van der Waals surface area contributed by atoms with Gasteiger partial charge in [0.15, 0.2) is 0 Å². The molecule has 2 amide bonds. The van der Waals surface area contributed by atoms with Crippen molar-refractivity contribution in [2.45, 2.75) is 32.1 Å². The van der Waals surface area contributed by atoms with Crippen LogP contribution < -0.4 is 10.1 Å². The highest BCUT2D eigenvalue weighted by Crippen LogP contribution is 2.36. The molecule has 3 rings (SSSR count). The molecule has 0 spiro atoms. The lowest BCUT2D eigenvalue weighted by molar-refractivity contribution is 0.218. The Bertz CT molecular complexity index is 483. The lowest BCUT2D eigenvalue weighted by Crippen LogP contribution is -2.33. The van der Waals surface area contributed by atoms with Crippen molar-refractivity contribution in [3.8, 4) is 5.88 Å². The van der Waals surface area contributed by atoms with Gasteiger partial charge >= 0.3 is 6.03 Å². The first kappa shape index (κ1) is 14.2. The maximum atomic E-state index is 12.3. The quantitative estimate of drug-likeness (QED) is 0.930. The number of likely N-dealkylation sites (tertiary alicyclic amines) is 1. The Morgan fingerprint density at radius 1 is 1.29 bits per heavy atom. The summed E-state index contributed by atoms with van der Waals surface area (Å²) in [7, 11) is 1.58. The van der Waals surface area contributed by atoms with E-state index in [0.29, 0.717) is 17.5 Å². The molecule has 1 atom stereocenters. The summed E-state index contributed by atoms with van der Waals surface area (Å²) in [4.78, 5) is 18.3. The van der Waals surface area contributed by atoms with Crippen LogP contribution in [0.2, 0.25) is 0 Å². The topological polar surface area (TPSA) is 54.5 Å². The van der Waals surface area contributed by atoms with E-state index >= 15 is 0 Å². The number of pyridine rings is 1. The highest BCUT2D eigenvalue weighted by Gasteiger charge is 2.33. The van der Waals surface area contributed by atoms with E-state index in [2.05, 4.69) is 10.3 Å². The Morgan fingerprint density at radius 3 is 2.76 bits per heavy atom. The molecule has 1 aliphatic carbocycles. The van der Waals surface area contributed by atoms with Crippen LogP contribution in [-0.4, -0.2) is 36.1 Å². The summed E-state index contributed by atoms with van der Waals surface area (Å²) in [5.74, 6) is 2.09. The van der Waals surface area contributed by atoms with Crippen LogP contribution in [-0.2, 0) is 0 Å². The standard InChI is InChI=1S/C16H23N3O2/c1-21-15-7-6-14(10-17-15)18-16(20)19-9-8-13(11-19)12-4-2-3-5-12/h6-7,10,12-13H,2-5,8-9,11H2,1H3,(H,18,20). The zero-order chi connectivity index (χ0) is 14.7. The molecule has 1 saturated carbocycles. The second-order valence-electron chi connectivity index (χ2n) is 6.06. The Labute approximate surface area is 125 Å². The first-order chi connectivity index (χ1) is 10.3. The second kappa shape index (κ2) is 6.33. The van der Waals surface area contributed by atoms with Gasteiger partial charge < -0.3 is 15.0 Å². The maximum Gasteiger partial charge on any atom is 0.321 e. The average Bonchev–Trinajstić information content (AvgIpc) is 3.19. The summed E-state index contributed by atoms with van der Waals surface area (Å²) < 4.78 is 5.01. The van der Waals surface area contributed by atoms with E-state index < -0.39 is 0 Å². The van der Waals surface area contributed by atoms with Gasteiger partial charge in [0.1, 0.15) is 0 Å². The highest BCUT2D eigenvalue weighted by atomic mass is 16.5. The van der Waals surface area contributed by atoms with Crippen LogP contribution in [0.3, 0.4) is 0 Å². The van der Waals surface area contributed by atoms with E-state index in [0.717, 1.165) is 25.4 Å². The summed E-state index contributed by atoms with van der Waals surface area (Å²) in [6, 6.07) is 3.55. The summed E-state index contributed by atoms with van der Waals surface area (Å²) in [6.07, 6.45) is 8.21. The first-order valence-corrected chi connectivity index (χ1v) is 7.82. The van der Waals surface area contributed by atoms with E-state index in [4.69, 9.17) is 4.74 Å². The van der Waals surface area contributed by atoms with E-state index in [9.17, 15) is 4.79 Å². The molecular formula is C16H23N3O2. The van der Waals surface area contributed by atoms with Crippen molar-refractivity contribution in [3.63, 3.8) is 0 Å². The number of nitrogens with zero attached hydrogens (tertiary/aromatic N) is 2. The van der Waals surface area contributed by atoms with Crippen LogP contribution in [0, 0.1) is 11.8 Å². The van der Waals surface area contributed by atoms with E-state index in [1.54, 1.807) is 19.4 Å². The number of methoxy groups -OCH3 is 1. The number of aromatic nitrogens is 1. The molecule has 5 nitrogen and oxygen atoms in total. The molecule has 2 aliphatic rings. The summed E-state index contributed by atoms with van der Waals surface area (Å²) in [5, 5.41) is 2.92. The molecular weight excluding hydrogens is 266 g/mol. The summed E-state index contributed by atoms with van der Waals surface area (Å²) in [5.41, 5.74) is 0.713. The van der Waals surface area contributed by atoms with Crippen molar-refractivity contribution in [3.05, 3.63) is 18.3 Å². The van der Waals surface area contributed by atoms with Crippen LogP contribution in [0.15, 0.2) is 18.3 Å². The maximum absolute atomic E-state index is 12.3. The lowest BCUT2D eigenvalue weighted by atomic mass is 9.90. The van der Waals surface area contributed by atoms with Crippen molar-refractivity contribution >= 4 is 11.7 Å². The second-order valence-corrected chi connectivity index (χ2v) is 6.06. The smallest absolute Gasteiger partial charge is 0.321 e. The van der Waals surface area contributed by atoms with Gasteiger partial charge in [-0.1, -0.05) is 25.7 Å². The van der Waals surface area contributed by atoms with Crippen molar-refractivity contribution in [1.29, 1.82) is 0 Å². The van der Waals surface area contributed by atoms with Crippen molar-refractivity contribution < 1.29 is 9.53 Å². The molecule has 1 N–H and O–H groups in total. The minimum Gasteiger partial charge on any atom is -0.481 e. The number of carbonyl (C=O) groups is 1. The molecule has 1 saturated heterocycles. The predicted molar refractivity (Wildman–Crippen MR) is 81.4 cm³/mol. The fourth-order valence-corrected chi connectivity index (χ4v) is 3.56. The number of anilines is 1. The molecule has 0 radical (unpaired) electrons. The van der Waals surface area contributed by atoms with Gasteiger partial charge in [0.25, 0.3) is 0 Å². The number of rotatable bonds is 3. The molecule has 5 heteroatoms. The number of nitrogens with one attached hydrogen (secondary N) is 1. The van der Waals surface area contributed by atoms with Gasteiger partial charge in [0, 0.05) is 19.2 Å². The van der Waals surface area contributed by atoms with Gasteiger partial charge in [0.2, 0.25) is 5.88 Å². The molecule has 0 bridgehead atoms. The Hall–Kier alpha value is -1.78. The Morgan fingerprint density at radius 2 is 2.10 bits per heavy atom. The van der Waals surface area contributed by atoms with Crippen LogP contribution in [0.5, 0.6) is 5.88 Å². The van der Waals surface area contributed by atoms with Gasteiger partial charge in [-0.3, -0.25) is 0 Å². The molecule has 1 aliphatic heterocycles. The van der Waals surface area contributed by atoms with E-state index in [1.165, 1.54) is 25.7 Å². The van der Waals surface area contributed by atoms with Crippen LogP contribution in [0.25, 0.3) is 0 Å². The highest BCUT2D eigenvalue weighted by molar-refractivity contribution is 5.89. The number of urea groups is 1. The van der Waals surface area contributed by atoms with E-state index in [1.807, 2.05) is 11.0 Å². The molecule has 1 aromatic heterocycles. The number of ether oxygens (including phenoxy) is 1. The van der Waals surface area contributed by atoms with Crippen LogP contribution in [0.1, 0.15) is 32.1 Å². The lowest BCUT2D eigenvalue weighted by Gasteiger charge is -2.20. The minimum absolute atomic E-state index is 0.0116. The zero-order valence-electron chi connectivity index (χ0n) is 12.5. The third kappa shape index (κ3) is 3.28. The number of hydrogen-bond acceptors (Lipinski definition) is 3. The molecule has 0 aromatic carbocycles. The predicted octanol–water partition coefficient (Wildman–Crippen LogP) is 3.13.